The van der Waals surface area contributed by atoms with Crippen molar-refractivity contribution >= 4 is 11.3 Å². The zero-order chi connectivity index (χ0) is 14.6. The van der Waals surface area contributed by atoms with Crippen LogP contribution in [0.2, 0.25) is 0 Å². The van der Waals surface area contributed by atoms with Crippen LogP contribution >= 0.6 is 11.3 Å². The van der Waals surface area contributed by atoms with E-state index in [-0.39, 0.29) is 0 Å². The summed E-state index contributed by atoms with van der Waals surface area (Å²) >= 11 is 1.72. The van der Waals surface area contributed by atoms with Gasteiger partial charge in [0.25, 0.3) is 0 Å². The van der Waals surface area contributed by atoms with Crippen molar-refractivity contribution in [2.75, 3.05) is 13.1 Å². The van der Waals surface area contributed by atoms with Gasteiger partial charge in [-0.1, -0.05) is 37.3 Å². The van der Waals surface area contributed by atoms with E-state index >= 15 is 0 Å². The van der Waals surface area contributed by atoms with E-state index in [9.17, 15) is 5.11 Å². The van der Waals surface area contributed by atoms with Gasteiger partial charge in [-0.15, -0.1) is 11.3 Å². The molecule has 0 aliphatic rings. The molecular weight excluding hydrogens is 268 g/mol. The standard InChI is InChI=1S/C16H22N2OS/c1-4-18(12-16(2,3)19)11-14-10-17-15(20-14)13-8-6-5-7-9-13/h5-10,19H,4,11-12H2,1-3H3. The smallest absolute Gasteiger partial charge is 0.123 e. The number of nitrogens with zero attached hydrogens (tertiary/aromatic N) is 2. The molecule has 2 rings (SSSR count). The van der Waals surface area contributed by atoms with E-state index in [4.69, 9.17) is 0 Å². The Kier molecular flexibility index (Phi) is 4.91. The summed E-state index contributed by atoms with van der Waals surface area (Å²) in [5.41, 5.74) is 0.498. The number of likely N-dealkylation sites (N-methyl/N-ethyl adjacent to an activating group) is 1. The van der Waals surface area contributed by atoms with Crippen LogP contribution in [0.25, 0.3) is 10.6 Å². The Balaban J connectivity index is 2.05. The maximum absolute atomic E-state index is 9.93. The van der Waals surface area contributed by atoms with Gasteiger partial charge in [0.15, 0.2) is 0 Å². The number of rotatable bonds is 6. The third-order valence-electron chi connectivity index (χ3n) is 3.01. The Morgan fingerprint density at radius 1 is 1.25 bits per heavy atom. The van der Waals surface area contributed by atoms with E-state index in [1.54, 1.807) is 11.3 Å². The number of aromatic nitrogens is 1. The minimum atomic E-state index is -0.664. The van der Waals surface area contributed by atoms with Crippen LogP contribution in [0.5, 0.6) is 0 Å². The van der Waals surface area contributed by atoms with Gasteiger partial charge in [-0.25, -0.2) is 4.98 Å². The molecule has 0 saturated carbocycles. The predicted molar refractivity (Wildman–Crippen MR) is 84.8 cm³/mol. The van der Waals surface area contributed by atoms with Gasteiger partial charge < -0.3 is 5.11 Å². The van der Waals surface area contributed by atoms with Crippen LogP contribution in [0.1, 0.15) is 25.6 Å². The summed E-state index contributed by atoms with van der Waals surface area (Å²) < 4.78 is 0. The first kappa shape index (κ1) is 15.2. The van der Waals surface area contributed by atoms with E-state index < -0.39 is 5.60 Å². The van der Waals surface area contributed by atoms with Crippen molar-refractivity contribution < 1.29 is 5.11 Å². The molecule has 0 atom stereocenters. The van der Waals surface area contributed by atoms with E-state index in [0.717, 1.165) is 23.7 Å². The summed E-state index contributed by atoms with van der Waals surface area (Å²) in [6.07, 6.45) is 1.94. The number of hydrogen-bond acceptors (Lipinski definition) is 4. The van der Waals surface area contributed by atoms with Gasteiger partial charge in [-0.2, -0.15) is 0 Å². The molecule has 0 spiro atoms. The van der Waals surface area contributed by atoms with Gasteiger partial charge in [0, 0.05) is 29.7 Å². The fraction of sp³-hybridized carbons (Fsp3) is 0.438. The fourth-order valence-electron chi connectivity index (χ4n) is 2.14. The van der Waals surface area contributed by atoms with Crippen LogP contribution in [0, 0.1) is 0 Å². The SMILES string of the molecule is CCN(Cc1cnc(-c2ccccc2)s1)CC(C)(C)O. The van der Waals surface area contributed by atoms with E-state index in [0.29, 0.717) is 6.54 Å². The monoisotopic (exact) mass is 290 g/mol. The summed E-state index contributed by atoms with van der Waals surface area (Å²) in [7, 11) is 0. The highest BCUT2D eigenvalue weighted by Gasteiger charge is 2.18. The van der Waals surface area contributed by atoms with Crippen LogP contribution in [0.4, 0.5) is 0 Å². The summed E-state index contributed by atoms with van der Waals surface area (Å²) in [5.74, 6) is 0. The molecule has 4 heteroatoms. The Morgan fingerprint density at radius 2 is 1.95 bits per heavy atom. The normalized spacial score (nSPS) is 12.1. The third kappa shape index (κ3) is 4.40. The lowest BCUT2D eigenvalue weighted by Crippen LogP contribution is -2.37. The highest BCUT2D eigenvalue weighted by Crippen LogP contribution is 2.25. The number of benzene rings is 1. The van der Waals surface area contributed by atoms with Gasteiger partial charge in [0.1, 0.15) is 5.01 Å². The second kappa shape index (κ2) is 6.48. The Bertz CT molecular complexity index is 531. The molecule has 1 N–H and O–H groups in total. The van der Waals surface area contributed by atoms with Crippen molar-refractivity contribution in [3.05, 3.63) is 41.4 Å². The molecule has 1 heterocycles. The molecule has 0 unspecified atom stereocenters. The number of hydrogen-bond donors (Lipinski definition) is 1. The minimum absolute atomic E-state index is 0.664. The lowest BCUT2D eigenvalue weighted by Gasteiger charge is -2.27. The Hall–Kier alpha value is -1.23. The van der Waals surface area contributed by atoms with Crippen molar-refractivity contribution in [3.63, 3.8) is 0 Å². The molecule has 0 aliphatic carbocycles. The van der Waals surface area contributed by atoms with Gasteiger partial charge >= 0.3 is 0 Å². The molecule has 0 bridgehead atoms. The maximum Gasteiger partial charge on any atom is 0.123 e. The molecule has 1 aromatic heterocycles. The van der Waals surface area contributed by atoms with Crippen molar-refractivity contribution in [2.45, 2.75) is 32.9 Å². The second-order valence-electron chi connectivity index (χ2n) is 5.61. The van der Waals surface area contributed by atoms with Crippen molar-refractivity contribution in [1.82, 2.24) is 9.88 Å². The Morgan fingerprint density at radius 3 is 2.55 bits per heavy atom. The summed E-state index contributed by atoms with van der Waals surface area (Å²) in [4.78, 5) is 7.97. The summed E-state index contributed by atoms with van der Waals surface area (Å²) in [6, 6.07) is 10.2. The van der Waals surface area contributed by atoms with Crippen LogP contribution in [-0.4, -0.2) is 33.7 Å². The van der Waals surface area contributed by atoms with Crippen molar-refractivity contribution in [2.24, 2.45) is 0 Å². The topological polar surface area (TPSA) is 36.4 Å². The number of aliphatic hydroxyl groups is 1. The summed E-state index contributed by atoms with van der Waals surface area (Å²) in [6.45, 7) is 8.23. The van der Waals surface area contributed by atoms with Gasteiger partial charge in [0.2, 0.25) is 0 Å². The van der Waals surface area contributed by atoms with Crippen LogP contribution in [0.3, 0.4) is 0 Å². The van der Waals surface area contributed by atoms with Crippen molar-refractivity contribution in [1.29, 1.82) is 0 Å². The highest BCUT2D eigenvalue weighted by atomic mass is 32.1. The average Bonchev–Trinajstić information content (AvgIpc) is 2.86. The second-order valence-corrected chi connectivity index (χ2v) is 6.73. The molecule has 108 valence electrons. The summed E-state index contributed by atoms with van der Waals surface area (Å²) in [5, 5.41) is 11.0. The first-order valence-corrected chi connectivity index (χ1v) is 7.74. The third-order valence-corrected chi connectivity index (χ3v) is 4.04. The molecule has 0 aliphatic heterocycles. The molecule has 3 nitrogen and oxygen atoms in total. The average molecular weight is 290 g/mol. The molecule has 0 radical (unpaired) electrons. The minimum Gasteiger partial charge on any atom is -0.389 e. The highest BCUT2D eigenvalue weighted by molar-refractivity contribution is 7.15. The lowest BCUT2D eigenvalue weighted by atomic mass is 10.1. The van der Waals surface area contributed by atoms with Gasteiger partial charge in [-0.3, -0.25) is 4.90 Å². The van der Waals surface area contributed by atoms with Crippen LogP contribution in [0.15, 0.2) is 36.5 Å². The molecular formula is C16H22N2OS. The first-order valence-electron chi connectivity index (χ1n) is 6.93. The zero-order valence-corrected chi connectivity index (χ0v) is 13.2. The molecule has 2 aromatic rings. The van der Waals surface area contributed by atoms with E-state index in [2.05, 4.69) is 28.9 Å². The fourth-order valence-corrected chi connectivity index (χ4v) is 3.10. The van der Waals surface area contributed by atoms with E-state index in [1.807, 2.05) is 38.2 Å². The number of thiazole rings is 1. The van der Waals surface area contributed by atoms with Crippen molar-refractivity contribution in [3.8, 4) is 10.6 Å². The molecule has 0 fully saturated rings. The van der Waals surface area contributed by atoms with Gasteiger partial charge in [-0.05, 0) is 20.4 Å². The largest absolute Gasteiger partial charge is 0.389 e. The lowest BCUT2D eigenvalue weighted by molar-refractivity contribution is 0.0356. The maximum atomic E-state index is 9.93. The van der Waals surface area contributed by atoms with E-state index in [1.165, 1.54) is 4.88 Å². The zero-order valence-electron chi connectivity index (χ0n) is 12.3. The predicted octanol–water partition coefficient (Wildman–Crippen LogP) is 3.40. The Labute approximate surface area is 124 Å². The quantitative estimate of drug-likeness (QED) is 0.886. The molecule has 0 amide bonds. The van der Waals surface area contributed by atoms with Crippen LogP contribution < -0.4 is 0 Å². The van der Waals surface area contributed by atoms with Gasteiger partial charge in [0.05, 0.1) is 5.60 Å². The molecule has 1 aromatic carbocycles. The van der Waals surface area contributed by atoms with Crippen LogP contribution in [-0.2, 0) is 6.54 Å². The first-order chi connectivity index (χ1) is 9.48. The molecule has 0 saturated heterocycles. The molecule has 20 heavy (non-hydrogen) atoms.